The third kappa shape index (κ3) is 3.47. The van der Waals surface area contributed by atoms with E-state index in [0.717, 1.165) is 23.2 Å². The van der Waals surface area contributed by atoms with Crippen molar-refractivity contribution in [2.45, 2.75) is 13.3 Å². The monoisotopic (exact) mass is 350 g/mol. The molecule has 0 aliphatic carbocycles. The molecule has 0 fully saturated rings. The minimum Gasteiger partial charge on any atom is -0.493 e. The molecule has 0 unspecified atom stereocenters. The van der Waals surface area contributed by atoms with Crippen molar-refractivity contribution in [3.63, 3.8) is 0 Å². The maximum atomic E-state index is 5.43. The Kier molecular flexibility index (Phi) is 5.37. The zero-order valence-electron chi connectivity index (χ0n) is 15.4. The molecule has 3 aromatic rings. The number of methoxy groups -OCH3 is 3. The Balaban J connectivity index is 2.04. The van der Waals surface area contributed by atoms with Gasteiger partial charge in [0.15, 0.2) is 17.3 Å². The van der Waals surface area contributed by atoms with Crippen LogP contribution >= 0.6 is 0 Å². The van der Waals surface area contributed by atoms with Gasteiger partial charge in [0.2, 0.25) is 5.75 Å². The number of hydrogen-bond acceptors (Lipinski definition) is 5. The Bertz CT molecular complexity index is 867. The molecule has 0 atom stereocenters. The van der Waals surface area contributed by atoms with Crippen LogP contribution in [0.3, 0.4) is 0 Å². The fourth-order valence-electron chi connectivity index (χ4n) is 2.78. The molecule has 1 aromatic heterocycles. The summed E-state index contributed by atoms with van der Waals surface area (Å²) < 4.78 is 16.2. The molecule has 0 amide bonds. The summed E-state index contributed by atoms with van der Waals surface area (Å²) in [5.41, 5.74) is 3.92. The highest BCUT2D eigenvalue weighted by Crippen LogP contribution is 2.40. The SMILES string of the molecule is CCc1ccc(-c2nccc(-c3cc(OC)c(OC)c(OC)c3)n2)cc1. The number of aromatic nitrogens is 2. The molecule has 0 saturated heterocycles. The first kappa shape index (κ1) is 17.7. The second-order valence-electron chi connectivity index (χ2n) is 5.73. The molecule has 0 radical (unpaired) electrons. The lowest BCUT2D eigenvalue weighted by molar-refractivity contribution is 0.324. The number of rotatable bonds is 6. The zero-order chi connectivity index (χ0) is 18.5. The van der Waals surface area contributed by atoms with Gasteiger partial charge in [-0.3, -0.25) is 0 Å². The van der Waals surface area contributed by atoms with Crippen LogP contribution in [0.15, 0.2) is 48.7 Å². The van der Waals surface area contributed by atoms with Crippen LogP contribution in [0, 0.1) is 0 Å². The number of ether oxygens (including phenoxy) is 3. The van der Waals surface area contributed by atoms with E-state index in [1.807, 2.05) is 30.3 Å². The summed E-state index contributed by atoms with van der Waals surface area (Å²) in [4.78, 5) is 9.12. The highest BCUT2D eigenvalue weighted by Gasteiger charge is 2.15. The molecule has 0 aliphatic heterocycles. The highest BCUT2D eigenvalue weighted by atomic mass is 16.5. The van der Waals surface area contributed by atoms with Gasteiger partial charge in [-0.2, -0.15) is 0 Å². The van der Waals surface area contributed by atoms with Crippen molar-refractivity contribution in [3.8, 4) is 39.9 Å². The van der Waals surface area contributed by atoms with Crippen LogP contribution in [-0.4, -0.2) is 31.3 Å². The van der Waals surface area contributed by atoms with Crippen molar-refractivity contribution in [1.82, 2.24) is 9.97 Å². The summed E-state index contributed by atoms with van der Waals surface area (Å²) in [6.07, 6.45) is 2.77. The van der Waals surface area contributed by atoms with E-state index in [9.17, 15) is 0 Å². The number of aryl methyl sites for hydroxylation is 1. The summed E-state index contributed by atoms with van der Waals surface area (Å²) in [7, 11) is 4.78. The fraction of sp³-hybridized carbons (Fsp3) is 0.238. The van der Waals surface area contributed by atoms with Crippen LogP contribution in [0.4, 0.5) is 0 Å². The van der Waals surface area contributed by atoms with Crippen LogP contribution in [-0.2, 0) is 6.42 Å². The predicted octanol–water partition coefficient (Wildman–Crippen LogP) is 4.40. The summed E-state index contributed by atoms with van der Waals surface area (Å²) in [6, 6.07) is 13.9. The van der Waals surface area contributed by atoms with Gasteiger partial charge in [-0.15, -0.1) is 0 Å². The third-order valence-corrected chi connectivity index (χ3v) is 4.24. The van der Waals surface area contributed by atoms with Crippen molar-refractivity contribution >= 4 is 0 Å². The minimum absolute atomic E-state index is 0.559. The minimum atomic E-state index is 0.559. The molecule has 134 valence electrons. The number of hydrogen-bond donors (Lipinski definition) is 0. The molecule has 1 heterocycles. The zero-order valence-corrected chi connectivity index (χ0v) is 15.4. The molecular formula is C21H22N2O3. The lowest BCUT2D eigenvalue weighted by Crippen LogP contribution is -1.97. The van der Waals surface area contributed by atoms with Gasteiger partial charge in [-0.1, -0.05) is 31.2 Å². The number of benzene rings is 2. The average molecular weight is 350 g/mol. The predicted molar refractivity (Wildman–Crippen MR) is 102 cm³/mol. The summed E-state index contributed by atoms with van der Waals surface area (Å²) in [5, 5.41) is 0. The first-order chi connectivity index (χ1) is 12.7. The van der Waals surface area contributed by atoms with Crippen LogP contribution in [0.5, 0.6) is 17.2 Å². The second-order valence-corrected chi connectivity index (χ2v) is 5.73. The highest BCUT2D eigenvalue weighted by molar-refractivity contribution is 5.70. The molecular weight excluding hydrogens is 328 g/mol. The van der Waals surface area contributed by atoms with E-state index in [0.29, 0.717) is 23.1 Å². The van der Waals surface area contributed by atoms with Gasteiger partial charge in [0, 0.05) is 17.3 Å². The Morgan fingerprint density at radius 2 is 1.46 bits per heavy atom. The van der Waals surface area contributed by atoms with Crippen molar-refractivity contribution in [2.24, 2.45) is 0 Å². The molecule has 5 nitrogen and oxygen atoms in total. The van der Waals surface area contributed by atoms with E-state index < -0.39 is 0 Å². The van der Waals surface area contributed by atoms with Crippen LogP contribution in [0.1, 0.15) is 12.5 Å². The first-order valence-electron chi connectivity index (χ1n) is 8.42. The van der Waals surface area contributed by atoms with Crippen LogP contribution in [0.2, 0.25) is 0 Å². The molecule has 0 spiro atoms. The molecule has 26 heavy (non-hydrogen) atoms. The smallest absolute Gasteiger partial charge is 0.203 e. The topological polar surface area (TPSA) is 53.5 Å². The van der Waals surface area contributed by atoms with E-state index in [1.165, 1.54) is 5.56 Å². The standard InChI is InChI=1S/C21H22N2O3/c1-5-14-6-8-15(9-7-14)21-22-11-10-17(23-21)16-12-18(24-2)20(26-4)19(13-16)25-3/h6-13H,5H2,1-4H3. The summed E-state index contributed by atoms with van der Waals surface area (Å²) >= 11 is 0. The average Bonchev–Trinajstić information content (AvgIpc) is 2.72. The first-order valence-corrected chi connectivity index (χ1v) is 8.42. The molecule has 3 rings (SSSR count). The molecule has 0 aliphatic rings. The van der Waals surface area contributed by atoms with Gasteiger partial charge < -0.3 is 14.2 Å². The third-order valence-electron chi connectivity index (χ3n) is 4.24. The van der Waals surface area contributed by atoms with E-state index >= 15 is 0 Å². The van der Waals surface area contributed by atoms with Crippen molar-refractivity contribution in [1.29, 1.82) is 0 Å². The van der Waals surface area contributed by atoms with Crippen LogP contribution in [0.25, 0.3) is 22.6 Å². The Morgan fingerprint density at radius 1 is 0.808 bits per heavy atom. The maximum absolute atomic E-state index is 5.43. The van der Waals surface area contributed by atoms with Crippen molar-refractivity contribution < 1.29 is 14.2 Å². The Morgan fingerprint density at radius 3 is 2.00 bits per heavy atom. The Labute approximate surface area is 153 Å². The van der Waals surface area contributed by atoms with Gasteiger partial charge in [0.05, 0.1) is 27.0 Å². The van der Waals surface area contributed by atoms with E-state index in [4.69, 9.17) is 19.2 Å². The lowest BCUT2D eigenvalue weighted by Gasteiger charge is -2.14. The van der Waals surface area contributed by atoms with Gasteiger partial charge in [-0.25, -0.2) is 9.97 Å². The van der Waals surface area contributed by atoms with E-state index in [2.05, 4.69) is 24.0 Å². The van der Waals surface area contributed by atoms with Gasteiger partial charge in [0.1, 0.15) is 0 Å². The Hall–Kier alpha value is -3.08. The molecule has 0 N–H and O–H groups in total. The lowest BCUT2D eigenvalue weighted by atomic mass is 10.1. The number of nitrogens with zero attached hydrogens (tertiary/aromatic N) is 2. The normalized spacial score (nSPS) is 10.5. The van der Waals surface area contributed by atoms with Gasteiger partial charge in [-0.05, 0) is 30.2 Å². The van der Waals surface area contributed by atoms with Gasteiger partial charge >= 0.3 is 0 Å². The second kappa shape index (κ2) is 7.87. The molecule has 0 bridgehead atoms. The molecule has 2 aromatic carbocycles. The largest absolute Gasteiger partial charge is 0.493 e. The molecule has 5 heteroatoms. The summed E-state index contributed by atoms with van der Waals surface area (Å²) in [6.45, 7) is 2.14. The summed E-state index contributed by atoms with van der Waals surface area (Å²) in [5.74, 6) is 2.42. The van der Waals surface area contributed by atoms with Crippen molar-refractivity contribution in [2.75, 3.05) is 21.3 Å². The maximum Gasteiger partial charge on any atom is 0.203 e. The molecule has 0 saturated carbocycles. The van der Waals surface area contributed by atoms with Crippen molar-refractivity contribution in [3.05, 3.63) is 54.2 Å². The van der Waals surface area contributed by atoms with Gasteiger partial charge in [0.25, 0.3) is 0 Å². The van der Waals surface area contributed by atoms with E-state index in [1.54, 1.807) is 27.5 Å². The van der Waals surface area contributed by atoms with E-state index in [-0.39, 0.29) is 0 Å². The quantitative estimate of drug-likeness (QED) is 0.659. The fourth-order valence-corrected chi connectivity index (χ4v) is 2.78. The van der Waals surface area contributed by atoms with Crippen LogP contribution < -0.4 is 14.2 Å².